The number of fused-ring (bicyclic) bond motifs is 1. The van der Waals surface area contributed by atoms with Gasteiger partial charge in [-0.2, -0.15) is 0 Å². The van der Waals surface area contributed by atoms with E-state index >= 15 is 0 Å². The summed E-state index contributed by atoms with van der Waals surface area (Å²) in [6, 6.07) is 33.5. The Kier molecular flexibility index (Phi) is 8.95. The average molecular weight is 577 g/mol. The zero-order valence-electron chi connectivity index (χ0n) is 23.0. The van der Waals surface area contributed by atoms with Crippen LogP contribution in [-0.2, 0) is 16.1 Å². The standard InChI is InChI=1S/C35H29ClN2O4/c1-42-34(40)20-33(26-14-12-25(13-15-26)30-9-5-4-8-28(30)22-39)38-35(41)31-19-29(36)16-17-32(31)37-21-23-10-11-24-6-2-3-7-27(24)18-23/h2-19,22,33,37H,20-21H2,1H3,(H,38,41). The van der Waals surface area contributed by atoms with Gasteiger partial charge in [-0.1, -0.05) is 96.5 Å². The highest BCUT2D eigenvalue weighted by Crippen LogP contribution is 2.28. The lowest BCUT2D eigenvalue weighted by Crippen LogP contribution is -2.31. The van der Waals surface area contributed by atoms with Gasteiger partial charge in [0.25, 0.3) is 5.91 Å². The Balaban J connectivity index is 1.37. The zero-order chi connectivity index (χ0) is 29.5. The number of methoxy groups -OCH3 is 1. The molecule has 210 valence electrons. The number of hydrogen-bond donors (Lipinski definition) is 2. The van der Waals surface area contributed by atoms with Gasteiger partial charge in [0.05, 0.1) is 25.1 Å². The number of anilines is 1. The molecule has 6 nitrogen and oxygen atoms in total. The quantitative estimate of drug-likeness (QED) is 0.132. The third-order valence-electron chi connectivity index (χ3n) is 7.14. The summed E-state index contributed by atoms with van der Waals surface area (Å²) in [7, 11) is 1.31. The molecule has 2 N–H and O–H groups in total. The number of amides is 1. The van der Waals surface area contributed by atoms with Crippen LogP contribution in [0.25, 0.3) is 21.9 Å². The van der Waals surface area contributed by atoms with Crippen LogP contribution in [0.2, 0.25) is 5.02 Å². The topological polar surface area (TPSA) is 84.5 Å². The Labute approximate surface area is 249 Å². The summed E-state index contributed by atoms with van der Waals surface area (Å²) >= 11 is 6.30. The van der Waals surface area contributed by atoms with Crippen molar-refractivity contribution in [2.24, 2.45) is 0 Å². The average Bonchev–Trinajstić information content (AvgIpc) is 3.03. The number of aldehydes is 1. The first-order valence-corrected chi connectivity index (χ1v) is 13.9. The molecule has 1 unspecified atom stereocenters. The normalized spacial score (nSPS) is 11.5. The lowest BCUT2D eigenvalue weighted by Gasteiger charge is -2.20. The van der Waals surface area contributed by atoms with Crippen LogP contribution in [0.3, 0.4) is 0 Å². The lowest BCUT2D eigenvalue weighted by molar-refractivity contribution is -0.141. The summed E-state index contributed by atoms with van der Waals surface area (Å²) < 4.78 is 4.91. The number of halogens is 1. The number of benzene rings is 5. The fraction of sp³-hybridized carbons (Fsp3) is 0.114. The molecule has 0 aromatic heterocycles. The molecular weight excluding hydrogens is 548 g/mol. The number of esters is 1. The van der Waals surface area contributed by atoms with Crippen LogP contribution >= 0.6 is 11.6 Å². The van der Waals surface area contributed by atoms with Gasteiger partial charge >= 0.3 is 5.97 Å². The molecule has 0 spiro atoms. The Morgan fingerprint density at radius 2 is 1.60 bits per heavy atom. The van der Waals surface area contributed by atoms with Crippen LogP contribution in [0.15, 0.2) is 109 Å². The smallest absolute Gasteiger partial charge is 0.307 e. The molecule has 0 bridgehead atoms. The van der Waals surface area contributed by atoms with Crippen LogP contribution in [0, 0.1) is 0 Å². The second-order valence-corrected chi connectivity index (χ2v) is 10.3. The molecule has 0 aliphatic carbocycles. The molecule has 0 heterocycles. The Morgan fingerprint density at radius 1 is 0.857 bits per heavy atom. The summed E-state index contributed by atoms with van der Waals surface area (Å²) in [5, 5.41) is 9.07. The number of hydrogen-bond acceptors (Lipinski definition) is 5. The minimum Gasteiger partial charge on any atom is -0.469 e. The molecule has 0 aliphatic rings. The summed E-state index contributed by atoms with van der Waals surface area (Å²) in [5.74, 6) is -0.848. The van der Waals surface area contributed by atoms with E-state index in [0.29, 0.717) is 33.9 Å². The molecule has 42 heavy (non-hydrogen) atoms. The van der Waals surface area contributed by atoms with Crippen molar-refractivity contribution in [3.05, 3.63) is 136 Å². The molecule has 0 saturated heterocycles. The van der Waals surface area contributed by atoms with Crippen molar-refractivity contribution in [1.82, 2.24) is 5.32 Å². The van der Waals surface area contributed by atoms with Gasteiger partial charge in [0.15, 0.2) is 6.29 Å². The van der Waals surface area contributed by atoms with Gasteiger partial charge in [-0.15, -0.1) is 0 Å². The second-order valence-electron chi connectivity index (χ2n) is 9.86. The lowest BCUT2D eigenvalue weighted by atomic mass is 9.96. The molecule has 5 aromatic rings. The highest BCUT2D eigenvalue weighted by Gasteiger charge is 2.22. The van der Waals surface area contributed by atoms with Crippen molar-refractivity contribution in [2.45, 2.75) is 19.0 Å². The highest BCUT2D eigenvalue weighted by atomic mass is 35.5. The fourth-order valence-electron chi connectivity index (χ4n) is 4.90. The number of carbonyl (C=O) groups excluding carboxylic acids is 3. The first kappa shape index (κ1) is 28.6. The van der Waals surface area contributed by atoms with E-state index in [4.69, 9.17) is 16.3 Å². The van der Waals surface area contributed by atoms with Gasteiger partial charge < -0.3 is 15.4 Å². The zero-order valence-corrected chi connectivity index (χ0v) is 23.7. The number of nitrogens with one attached hydrogen (secondary N) is 2. The molecule has 1 amide bonds. The molecule has 0 saturated carbocycles. The van der Waals surface area contributed by atoms with Crippen molar-refractivity contribution >= 4 is 46.2 Å². The SMILES string of the molecule is COC(=O)CC(NC(=O)c1cc(Cl)ccc1NCc1ccc2ccccc2c1)c1ccc(-c2ccccc2C=O)cc1. The monoisotopic (exact) mass is 576 g/mol. The Hall–Kier alpha value is -4.94. The van der Waals surface area contributed by atoms with Gasteiger partial charge in [0, 0.05) is 22.8 Å². The maximum atomic E-state index is 13.6. The number of carbonyl (C=O) groups is 3. The molecular formula is C35H29ClN2O4. The van der Waals surface area contributed by atoms with Crippen LogP contribution < -0.4 is 10.6 Å². The van der Waals surface area contributed by atoms with Crippen LogP contribution in [-0.4, -0.2) is 25.3 Å². The van der Waals surface area contributed by atoms with Gasteiger partial charge in [0.1, 0.15) is 0 Å². The van der Waals surface area contributed by atoms with E-state index < -0.39 is 12.0 Å². The third kappa shape index (κ3) is 6.67. The summed E-state index contributed by atoms with van der Waals surface area (Å²) in [5.41, 5.74) is 4.98. The maximum absolute atomic E-state index is 13.6. The van der Waals surface area contributed by atoms with Crippen molar-refractivity contribution in [2.75, 3.05) is 12.4 Å². The largest absolute Gasteiger partial charge is 0.469 e. The van der Waals surface area contributed by atoms with E-state index in [0.717, 1.165) is 33.7 Å². The molecule has 0 radical (unpaired) electrons. The number of ether oxygens (including phenoxy) is 1. The molecule has 1 atom stereocenters. The van der Waals surface area contributed by atoms with Gasteiger partial charge in [-0.25, -0.2) is 0 Å². The van der Waals surface area contributed by atoms with Gasteiger partial charge in [-0.3, -0.25) is 14.4 Å². The van der Waals surface area contributed by atoms with E-state index in [1.54, 1.807) is 24.3 Å². The Morgan fingerprint density at radius 3 is 2.36 bits per heavy atom. The minimum atomic E-state index is -0.660. The van der Waals surface area contributed by atoms with E-state index in [-0.39, 0.29) is 12.3 Å². The summed E-state index contributed by atoms with van der Waals surface area (Å²) in [4.78, 5) is 37.4. The third-order valence-corrected chi connectivity index (χ3v) is 7.37. The predicted octanol–water partition coefficient (Wildman–Crippen LogP) is 7.62. The van der Waals surface area contributed by atoms with Crippen LogP contribution in [0.5, 0.6) is 0 Å². The molecule has 5 aromatic carbocycles. The minimum absolute atomic E-state index is 0.0626. The van der Waals surface area contributed by atoms with Crippen molar-refractivity contribution in [3.8, 4) is 11.1 Å². The van der Waals surface area contributed by atoms with Gasteiger partial charge in [-0.05, 0) is 57.3 Å². The van der Waals surface area contributed by atoms with Gasteiger partial charge in [0.2, 0.25) is 0 Å². The van der Waals surface area contributed by atoms with Crippen LogP contribution in [0.1, 0.15) is 44.3 Å². The fourth-order valence-corrected chi connectivity index (χ4v) is 5.07. The second kappa shape index (κ2) is 13.1. The van der Waals surface area contributed by atoms with Crippen molar-refractivity contribution in [1.29, 1.82) is 0 Å². The molecule has 5 rings (SSSR count). The molecule has 7 heteroatoms. The summed E-state index contributed by atoms with van der Waals surface area (Å²) in [6.45, 7) is 0.502. The van der Waals surface area contributed by atoms with E-state index in [1.165, 1.54) is 7.11 Å². The summed E-state index contributed by atoms with van der Waals surface area (Å²) in [6.07, 6.45) is 0.757. The molecule has 0 aliphatic heterocycles. The molecule has 0 fully saturated rings. The van der Waals surface area contributed by atoms with E-state index in [9.17, 15) is 14.4 Å². The van der Waals surface area contributed by atoms with E-state index in [2.05, 4.69) is 41.0 Å². The van der Waals surface area contributed by atoms with E-state index in [1.807, 2.05) is 54.6 Å². The first-order chi connectivity index (χ1) is 20.4. The maximum Gasteiger partial charge on any atom is 0.307 e. The first-order valence-electron chi connectivity index (χ1n) is 13.5. The highest BCUT2D eigenvalue weighted by molar-refractivity contribution is 6.31. The Bertz CT molecular complexity index is 1750. The van der Waals surface area contributed by atoms with Crippen LogP contribution in [0.4, 0.5) is 5.69 Å². The van der Waals surface area contributed by atoms with Crippen molar-refractivity contribution in [3.63, 3.8) is 0 Å². The predicted molar refractivity (Wildman–Crippen MR) is 167 cm³/mol. The van der Waals surface area contributed by atoms with Crippen molar-refractivity contribution < 1.29 is 19.1 Å². The number of rotatable bonds is 10.